The standard InChI is InChI=1S/C22H23N3O4S3/c1-3-11-25-20(26)17(31-22(25)30)14-18-23-19(21(29-18)24-12-5-4-6-13-24)32(27,28)16-9-7-15(2)8-10-16/h3,7-10,14H,1,4-6,11-13H2,2H3. The van der Waals surface area contributed by atoms with E-state index in [4.69, 9.17) is 16.6 Å². The van der Waals surface area contributed by atoms with Crippen LogP contribution in [-0.4, -0.2) is 48.2 Å². The average molecular weight is 490 g/mol. The number of anilines is 1. The van der Waals surface area contributed by atoms with Crippen LogP contribution in [0, 0.1) is 6.92 Å². The Labute approximate surface area is 197 Å². The van der Waals surface area contributed by atoms with E-state index in [2.05, 4.69) is 11.6 Å². The number of amides is 1. The maximum absolute atomic E-state index is 13.4. The number of sulfone groups is 1. The summed E-state index contributed by atoms with van der Waals surface area (Å²) in [5.41, 5.74) is 0.961. The minimum atomic E-state index is -3.91. The first-order valence-electron chi connectivity index (χ1n) is 10.2. The van der Waals surface area contributed by atoms with Crippen LogP contribution in [-0.2, 0) is 14.6 Å². The molecule has 2 aliphatic heterocycles. The molecule has 0 unspecified atom stereocenters. The third-order valence-corrected chi connectivity index (χ3v) is 8.31. The molecule has 0 spiro atoms. The summed E-state index contributed by atoms with van der Waals surface area (Å²) in [6.45, 7) is 7.22. The summed E-state index contributed by atoms with van der Waals surface area (Å²) in [5, 5.41) is -0.129. The summed E-state index contributed by atoms with van der Waals surface area (Å²) >= 11 is 6.40. The second-order valence-electron chi connectivity index (χ2n) is 7.61. The van der Waals surface area contributed by atoms with E-state index in [1.54, 1.807) is 30.3 Å². The Bertz CT molecular complexity index is 1190. The molecule has 1 aromatic heterocycles. The third-order valence-electron chi connectivity index (χ3n) is 5.26. The van der Waals surface area contributed by atoms with Gasteiger partial charge in [0.2, 0.25) is 26.6 Å². The molecule has 0 atom stereocenters. The number of hydrogen-bond donors (Lipinski definition) is 0. The minimum absolute atomic E-state index is 0.0652. The molecule has 0 radical (unpaired) electrons. The normalized spacial score (nSPS) is 18.6. The summed E-state index contributed by atoms with van der Waals surface area (Å²) in [6.07, 6.45) is 6.04. The summed E-state index contributed by atoms with van der Waals surface area (Å²) in [6, 6.07) is 6.64. The zero-order valence-corrected chi connectivity index (χ0v) is 20.1. The van der Waals surface area contributed by atoms with Crippen molar-refractivity contribution < 1.29 is 17.6 Å². The number of piperidine rings is 1. The van der Waals surface area contributed by atoms with Crippen LogP contribution in [0.4, 0.5) is 5.88 Å². The second-order valence-corrected chi connectivity index (χ2v) is 11.1. The molecule has 0 N–H and O–H groups in total. The highest BCUT2D eigenvalue weighted by molar-refractivity contribution is 8.26. The molecule has 2 fully saturated rings. The number of carbonyl (C=O) groups excluding carboxylic acids is 1. The average Bonchev–Trinajstić information content (AvgIpc) is 3.32. The van der Waals surface area contributed by atoms with Gasteiger partial charge in [0.25, 0.3) is 5.91 Å². The van der Waals surface area contributed by atoms with Gasteiger partial charge < -0.3 is 9.32 Å². The van der Waals surface area contributed by atoms with Gasteiger partial charge in [-0.1, -0.05) is 47.8 Å². The summed E-state index contributed by atoms with van der Waals surface area (Å²) < 4.78 is 33.2. The molecule has 32 heavy (non-hydrogen) atoms. The van der Waals surface area contributed by atoms with Gasteiger partial charge in [0.05, 0.1) is 9.80 Å². The number of thiocarbonyl (C=S) groups is 1. The van der Waals surface area contributed by atoms with E-state index in [-0.39, 0.29) is 27.6 Å². The number of thioether (sulfide) groups is 1. The molecular formula is C22H23N3O4S3. The van der Waals surface area contributed by atoms with Crippen LogP contribution in [0.2, 0.25) is 0 Å². The Balaban J connectivity index is 1.77. The van der Waals surface area contributed by atoms with E-state index in [9.17, 15) is 13.2 Å². The number of oxazole rings is 1. The lowest BCUT2D eigenvalue weighted by molar-refractivity contribution is -0.121. The predicted molar refractivity (Wildman–Crippen MR) is 129 cm³/mol. The summed E-state index contributed by atoms with van der Waals surface area (Å²) in [7, 11) is -3.91. The quantitative estimate of drug-likeness (QED) is 0.339. The van der Waals surface area contributed by atoms with Gasteiger partial charge in [0.15, 0.2) is 0 Å². The minimum Gasteiger partial charge on any atom is -0.420 e. The molecule has 2 aromatic rings. The van der Waals surface area contributed by atoms with Crippen molar-refractivity contribution in [2.45, 2.75) is 36.1 Å². The van der Waals surface area contributed by atoms with Crippen LogP contribution in [0.25, 0.3) is 6.08 Å². The van der Waals surface area contributed by atoms with Crippen LogP contribution in [0.5, 0.6) is 0 Å². The highest BCUT2D eigenvalue weighted by Gasteiger charge is 2.34. The number of benzene rings is 1. The SMILES string of the molecule is C=CCN1C(=O)C(=Cc2nc(S(=O)(=O)c3ccc(C)cc3)c(N3CCCCC3)o2)SC1=S. The Morgan fingerprint density at radius 1 is 1.22 bits per heavy atom. The van der Waals surface area contributed by atoms with E-state index in [0.717, 1.165) is 36.6 Å². The van der Waals surface area contributed by atoms with Crippen LogP contribution in [0.3, 0.4) is 0 Å². The molecule has 2 aliphatic rings. The van der Waals surface area contributed by atoms with Crippen molar-refractivity contribution in [2.75, 3.05) is 24.5 Å². The number of rotatable bonds is 6. The van der Waals surface area contributed by atoms with Gasteiger partial charge in [-0.2, -0.15) is 4.98 Å². The van der Waals surface area contributed by atoms with Crippen LogP contribution < -0.4 is 4.90 Å². The van der Waals surface area contributed by atoms with Crippen LogP contribution >= 0.6 is 24.0 Å². The summed E-state index contributed by atoms with van der Waals surface area (Å²) in [4.78, 5) is 20.8. The zero-order valence-electron chi connectivity index (χ0n) is 17.6. The molecule has 4 rings (SSSR count). The van der Waals surface area contributed by atoms with Gasteiger partial charge in [-0.25, -0.2) is 8.42 Å². The first-order valence-corrected chi connectivity index (χ1v) is 13.0. The Morgan fingerprint density at radius 3 is 2.56 bits per heavy atom. The number of hydrogen-bond acceptors (Lipinski definition) is 8. The maximum Gasteiger partial charge on any atom is 0.266 e. The van der Waals surface area contributed by atoms with Gasteiger partial charge in [-0.15, -0.1) is 6.58 Å². The van der Waals surface area contributed by atoms with Crippen LogP contribution in [0.15, 0.2) is 56.2 Å². The topological polar surface area (TPSA) is 83.7 Å². The molecule has 0 saturated carbocycles. The molecular weight excluding hydrogens is 466 g/mol. The molecule has 0 bridgehead atoms. The van der Waals surface area contributed by atoms with Crippen molar-refractivity contribution >= 4 is 56.0 Å². The van der Waals surface area contributed by atoms with E-state index in [1.165, 1.54) is 11.0 Å². The highest BCUT2D eigenvalue weighted by atomic mass is 32.2. The van der Waals surface area contributed by atoms with Gasteiger partial charge in [0, 0.05) is 25.7 Å². The summed E-state index contributed by atoms with van der Waals surface area (Å²) in [5.74, 6) is 0.00835. The van der Waals surface area contributed by atoms with Crippen molar-refractivity contribution in [1.29, 1.82) is 0 Å². The third kappa shape index (κ3) is 4.39. The van der Waals surface area contributed by atoms with Gasteiger partial charge in [0.1, 0.15) is 4.32 Å². The number of aromatic nitrogens is 1. The second kappa shape index (κ2) is 9.21. The fourth-order valence-electron chi connectivity index (χ4n) is 3.57. The molecule has 2 saturated heterocycles. The number of aryl methyl sites for hydroxylation is 1. The zero-order chi connectivity index (χ0) is 22.9. The molecule has 0 aliphatic carbocycles. The van der Waals surface area contributed by atoms with Crippen molar-refractivity contribution in [3.05, 3.63) is 53.3 Å². The van der Waals surface area contributed by atoms with Gasteiger partial charge in [-0.3, -0.25) is 9.69 Å². The van der Waals surface area contributed by atoms with Crippen molar-refractivity contribution in [1.82, 2.24) is 9.88 Å². The smallest absolute Gasteiger partial charge is 0.266 e. The predicted octanol–water partition coefficient (Wildman–Crippen LogP) is 4.19. The number of carbonyl (C=O) groups is 1. The molecule has 10 heteroatoms. The fraction of sp³-hybridized carbons (Fsp3) is 0.318. The first kappa shape index (κ1) is 22.8. The highest BCUT2D eigenvalue weighted by Crippen LogP contribution is 2.36. The van der Waals surface area contributed by atoms with Crippen molar-refractivity contribution in [3.63, 3.8) is 0 Å². The van der Waals surface area contributed by atoms with Gasteiger partial charge in [-0.05, 0) is 38.3 Å². The Hall–Kier alpha value is -2.43. The molecule has 3 heterocycles. The maximum atomic E-state index is 13.4. The lowest BCUT2D eigenvalue weighted by atomic mass is 10.1. The lowest BCUT2D eigenvalue weighted by Gasteiger charge is -2.26. The van der Waals surface area contributed by atoms with E-state index in [0.29, 0.717) is 28.9 Å². The van der Waals surface area contributed by atoms with Crippen molar-refractivity contribution in [2.24, 2.45) is 0 Å². The molecule has 7 nitrogen and oxygen atoms in total. The monoisotopic (exact) mass is 489 g/mol. The fourth-order valence-corrected chi connectivity index (χ4v) is 6.14. The molecule has 1 aromatic carbocycles. The van der Waals surface area contributed by atoms with Gasteiger partial charge >= 0.3 is 0 Å². The van der Waals surface area contributed by atoms with E-state index < -0.39 is 9.84 Å². The molecule has 168 valence electrons. The van der Waals surface area contributed by atoms with Crippen molar-refractivity contribution in [3.8, 4) is 0 Å². The van der Waals surface area contributed by atoms with Crippen LogP contribution in [0.1, 0.15) is 30.7 Å². The van der Waals surface area contributed by atoms with E-state index in [1.807, 2.05) is 11.8 Å². The molecule has 1 amide bonds. The Kier molecular flexibility index (Phi) is 6.55. The van der Waals surface area contributed by atoms with E-state index >= 15 is 0 Å². The number of nitrogens with zero attached hydrogens (tertiary/aromatic N) is 3. The lowest BCUT2D eigenvalue weighted by Crippen LogP contribution is -2.30. The largest absolute Gasteiger partial charge is 0.420 e. The first-order chi connectivity index (χ1) is 15.3. The Morgan fingerprint density at radius 2 is 1.91 bits per heavy atom.